The van der Waals surface area contributed by atoms with Crippen molar-refractivity contribution in [2.24, 2.45) is 5.92 Å². The molecule has 0 atom stereocenters. The predicted molar refractivity (Wildman–Crippen MR) is 89.8 cm³/mol. The van der Waals surface area contributed by atoms with Gasteiger partial charge in [0.1, 0.15) is 0 Å². The van der Waals surface area contributed by atoms with Gasteiger partial charge in [-0.1, -0.05) is 19.3 Å². The number of hydrogen-bond acceptors (Lipinski definition) is 3. The molecule has 2 N–H and O–H groups in total. The van der Waals surface area contributed by atoms with Crippen LogP contribution in [-0.2, 0) is 0 Å². The quantitative estimate of drug-likeness (QED) is 0.873. The molecule has 22 heavy (non-hydrogen) atoms. The Morgan fingerprint density at radius 2 is 1.73 bits per heavy atom. The van der Waals surface area contributed by atoms with E-state index < -0.39 is 5.60 Å². The zero-order valence-electron chi connectivity index (χ0n) is 13.6. The van der Waals surface area contributed by atoms with E-state index in [9.17, 15) is 5.11 Å². The maximum atomic E-state index is 10.5. The largest absolute Gasteiger partial charge is 0.389 e. The van der Waals surface area contributed by atoms with E-state index in [0.29, 0.717) is 0 Å². The lowest BCUT2D eigenvalue weighted by Gasteiger charge is -2.34. The Bertz CT molecular complexity index is 434. The van der Waals surface area contributed by atoms with Gasteiger partial charge in [0.05, 0.1) is 5.60 Å². The third kappa shape index (κ3) is 4.30. The van der Waals surface area contributed by atoms with Gasteiger partial charge in [0.2, 0.25) is 0 Å². The molecule has 2 fully saturated rings. The molecule has 0 spiro atoms. The van der Waals surface area contributed by atoms with Gasteiger partial charge in [0.15, 0.2) is 0 Å². The molecule has 3 heteroatoms. The van der Waals surface area contributed by atoms with Crippen molar-refractivity contribution in [3.05, 3.63) is 30.1 Å². The molecule has 0 bridgehead atoms. The number of hydrogen-bond donors (Lipinski definition) is 2. The lowest BCUT2D eigenvalue weighted by atomic mass is 9.78. The van der Waals surface area contributed by atoms with Crippen molar-refractivity contribution in [2.45, 2.75) is 69.3 Å². The van der Waals surface area contributed by atoms with Crippen LogP contribution in [0, 0.1) is 5.92 Å². The number of nitrogens with zero attached hydrogens (tertiary/aromatic N) is 1. The van der Waals surface area contributed by atoms with E-state index in [2.05, 4.69) is 22.4 Å². The first-order chi connectivity index (χ1) is 10.8. The summed E-state index contributed by atoms with van der Waals surface area (Å²) in [6.07, 6.45) is 14.6. The Morgan fingerprint density at radius 3 is 2.41 bits per heavy atom. The van der Waals surface area contributed by atoms with Gasteiger partial charge < -0.3 is 10.4 Å². The highest BCUT2D eigenvalue weighted by Crippen LogP contribution is 2.35. The summed E-state index contributed by atoms with van der Waals surface area (Å²) in [5.74, 6) is 1.51. The van der Waals surface area contributed by atoms with Crippen LogP contribution in [0.25, 0.3) is 0 Å². The minimum atomic E-state index is -0.424. The average Bonchev–Trinajstić information content (AvgIpc) is 2.57. The van der Waals surface area contributed by atoms with Crippen molar-refractivity contribution in [1.29, 1.82) is 0 Å². The fraction of sp³-hybridized carbons (Fsp3) is 0.737. The van der Waals surface area contributed by atoms with Gasteiger partial charge >= 0.3 is 0 Å². The first kappa shape index (κ1) is 15.9. The SMILES string of the molecule is OC1(CNCC2CCC(c3ccncc3)CC2)CCCCC1. The molecular formula is C19H30N2O. The van der Waals surface area contributed by atoms with Crippen molar-refractivity contribution >= 4 is 0 Å². The molecule has 2 saturated carbocycles. The summed E-state index contributed by atoms with van der Waals surface area (Å²) in [6.45, 7) is 1.86. The third-order valence-electron chi connectivity index (χ3n) is 5.70. The lowest BCUT2D eigenvalue weighted by molar-refractivity contribution is 0.00399. The van der Waals surface area contributed by atoms with Crippen LogP contribution in [0.4, 0.5) is 0 Å². The van der Waals surface area contributed by atoms with Crippen molar-refractivity contribution in [1.82, 2.24) is 10.3 Å². The minimum absolute atomic E-state index is 0.424. The number of aliphatic hydroxyl groups is 1. The average molecular weight is 302 g/mol. The normalized spacial score (nSPS) is 28.4. The molecule has 0 unspecified atom stereocenters. The molecule has 0 radical (unpaired) electrons. The molecule has 2 aliphatic rings. The Kier molecular flexibility index (Phi) is 5.48. The second-order valence-corrected chi connectivity index (χ2v) is 7.41. The standard InChI is InChI=1S/C19H30N2O/c22-19(10-2-1-3-11-19)15-21-14-16-4-6-17(7-5-16)18-8-12-20-13-9-18/h8-9,12-13,16-17,21-22H,1-7,10-11,14-15H2. The molecule has 0 saturated heterocycles. The number of rotatable bonds is 5. The smallest absolute Gasteiger partial charge is 0.0771 e. The van der Waals surface area contributed by atoms with Gasteiger partial charge in [-0.2, -0.15) is 0 Å². The summed E-state index contributed by atoms with van der Waals surface area (Å²) in [5.41, 5.74) is 1.03. The first-order valence-electron chi connectivity index (χ1n) is 9.08. The number of aromatic nitrogens is 1. The van der Waals surface area contributed by atoms with Gasteiger partial charge in [0.25, 0.3) is 0 Å². The summed E-state index contributed by atoms with van der Waals surface area (Å²) >= 11 is 0. The van der Waals surface area contributed by atoms with E-state index in [4.69, 9.17) is 0 Å². The molecule has 0 amide bonds. The van der Waals surface area contributed by atoms with Crippen LogP contribution in [0.5, 0.6) is 0 Å². The van der Waals surface area contributed by atoms with Gasteiger partial charge in [0, 0.05) is 18.9 Å². The highest BCUT2D eigenvalue weighted by atomic mass is 16.3. The first-order valence-corrected chi connectivity index (χ1v) is 9.08. The molecular weight excluding hydrogens is 272 g/mol. The van der Waals surface area contributed by atoms with Crippen molar-refractivity contribution < 1.29 is 5.11 Å². The Morgan fingerprint density at radius 1 is 1.05 bits per heavy atom. The minimum Gasteiger partial charge on any atom is -0.389 e. The molecule has 1 heterocycles. The molecule has 3 rings (SSSR count). The van der Waals surface area contributed by atoms with Crippen molar-refractivity contribution in [3.63, 3.8) is 0 Å². The van der Waals surface area contributed by atoms with E-state index >= 15 is 0 Å². The second kappa shape index (κ2) is 7.56. The fourth-order valence-electron chi connectivity index (χ4n) is 4.23. The van der Waals surface area contributed by atoms with Gasteiger partial charge in [-0.3, -0.25) is 4.98 Å². The monoisotopic (exact) mass is 302 g/mol. The van der Waals surface area contributed by atoms with Crippen LogP contribution in [0.15, 0.2) is 24.5 Å². The van der Waals surface area contributed by atoms with E-state index in [1.165, 1.54) is 50.5 Å². The summed E-state index contributed by atoms with van der Waals surface area (Å²) in [7, 11) is 0. The van der Waals surface area contributed by atoms with Gasteiger partial charge in [-0.25, -0.2) is 0 Å². The topological polar surface area (TPSA) is 45.1 Å². The molecule has 0 aromatic carbocycles. The molecule has 1 aromatic rings. The van der Waals surface area contributed by atoms with Crippen LogP contribution in [-0.4, -0.2) is 28.8 Å². The van der Waals surface area contributed by atoms with Crippen molar-refractivity contribution in [3.8, 4) is 0 Å². The van der Waals surface area contributed by atoms with Crippen LogP contribution >= 0.6 is 0 Å². The van der Waals surface area contributed by atoms with Crippen LogP contribution in [0.2, 0.25) is 0 Å². The van der Waals surface area contributed by atoms with Crippen LogP contribution in [0.1, 0.15) is 69.3 Å². The van der Waals surface area contributed by atoms with E-state index in [0.717, 1.165) is 37.8 Å². The number of nitrogens with one attached hydrogen (secondary N) is 1. The maximum Gasteiger partial charge on any atom is 0.0771 e. The van der Waals surface area contributed by atoms with E-state index in [1.807, 2.05) is 12.4 Å². The highest BCUT2D eigenvalue weighted by Gasteiger charge is 2.29. The van der Waals surface area contributed by atoms with Crippen LogP contribution < -0.4 is 5.32 Å². The summed E-state index contributed by atoms with van der Waals surface area (Å²) in [6, 6.07) is 4.34. The molecule has 2 aliphatic carbocycles. The van der Waals surface area contributed by atoms with Crippen LogP contribution in [0.3, 0.4) is 0 Å². The summed E-state index contributed by atoms with van der Waals surface area (Å²) in [4.78, 5) is 4.11. The zero-order chi connectivity index (χ0) is 15.3. The van der Waals surface area contributed by atoms with Gasteiger partial charge in [-0.05, 0) is 74.6 Å². The fourth-order valence-corrected chi connectivity index (χ4v) is 4.23. The molecule has 0 aliphatic heterocycles. The van der Waals surface area contributed by atoms with Crippen molar-refractivity contribution in [2.75, 3.05) is 13.1 Å². The Hall–Kier alpha value is -0.930. The second-order valence-electron chi connectivity index (χ2n) is 7.41. The Labute approximate surface area is 134 Å². The summed E-state index contributed by atoms with van der Waals surface area (Å²) < 4.78 is 0. The number of pyridine rings is 1. The zero-order valence-corrected chi connectivity index (χ0v) is 13.6. The van der Waals surface area contributed by atoms with E-state index in [1.54, 1.807) is 0 Å². The lowest BCUT2D eigenvalue weighted by Crippen LogP contribution is -2.43. The maximum absolute atomic E-state index is 10.5. The molecule has 1 aromatic heterocycles. The third-order valence-corrected chi connectivity index (χ3v) is 5.70. The Balaban J connectivity index is 1.37. The highest BCUT2D eigenvalue weighted by molar-refractivity contribution is 5.16. The summed E-state index contributed by atoms with van der Waals surface area (Å²) in [5, 5.41) is 14.1. The predicted octanol–water partition coefficient (Wildman–Crippen LogP) is 3.64. The molecule has 3 nitrogen and oxygen atoms in total. The molecule has 122 valence electrons. The van der Waals surface area contributed by atoms with Gasteiger partial charge in [-0.15, -0.1) is 0 Å². The van der Waals surface area contributed by atoms with E-state index in [-0.39, 0.29) is 0 Å².